The Kier molecular flexibility index (Phi) is 4.01. The summed E-state index contributed by atoms with van der Waals surface area (Å²) < 4.78 is 35.5. The molecule has 94 valence electrons. The average Bonchev–Trinajstić information content (AvgIpc) is 2.13. The Bertz CT molecular complexity index is 449. The van der Waals surface area contributed by atoms with Crippen LogP contribution in [0, 0.1) is 6.92 Å². The summed E-state index contributed by atoms with van der Waals surface area (Å²) in [6.07, 6.45) is -4.55. The number of Topliss-reactive ketones (excluding diaryl/α,β-unsaturated/α-hetero) is 1. The van der Waals surface area contributed by atoms with Crippen LogP contribution < -0.4 is 0 Å². The molecule has 0 aliphatic carbocycles. The zero-order chi connectivity index (χ0) is 13.4. The molecule has 0 unspecified atom stereocenters. The summed E-state index contributed by atoms with van der Waals surface area (Å²) in [7, 11) is 0. The zero-order valence-corrected chi connectivity index (χ0v) is 10.7. The number of halogens is 6. The highest BCUT2D eigenvalue weighted by Crippen LogP contribution is 2.36. The maximum absolute atomic E-state index is 12.6. The van der Waals surface area contributed by atoms with Gasteiger partial charge in [-0.25, -0.2) is 0 Å². The lowest BCUT2D eigenvalue weighted by Gasteiger charge is -2.15. The Hall–Kier alpha value is -0.450. The number of alkyl halides is 6. The molecule has 0 radical (unpaired) electrons. The predicted molar refractivity (Wildman–Crippen MR) is 60.8 cm³/mol. The summed E-state index contributed by atoms with van der Waals surface area (Å²) in [6.45, 7) is 1.16. The van der Waals surface area contributed by atoms with Gasteiger partial charge in [0.2, 0.25) is 5.78 Å². The molecule has 0 heterocycles. The van der Waals surface area contributed by atoms with E-state index in [1.54, 1.807) is 0 Å². The molecule has 0 N–H and O–H groups in total. The Morgan fingerprint density at radius 2 is 1.71 bits per heavy atom. The standard InChI is InChI=1S/C10H6Cl3F3O/c1-5-6(8(17)9(11,12)13)3-2-4-7(5)10(14,15)16/h2-4H,1H3. The van der Waals surface area contributed by atoms with Gasteiger partial charge in [0.05, 0.1) is 5.56 Å². The van der Waals surface area contributed by atoms with E-state index in [-0.39, 0.29) is 11.1 Å². The predicted octanol–water partition coefficient (Wildman–Crippen LogP) is 4.57. The van der Waals surface area contributed by atoms with E-state index in [0.29, 0.717) is 0 Å². The summed E-state index contributed by atoms with van der Waals surface area (Å²) in [4.78, 5) is 11.6. The third-order valence-electron chi connectivity index (χ3n) is 2.14. The van der Waals surface area contributed by atoms with Gasteiger partial charge in [0.25, 0.3) is 3.79 Å². The van der Waals surface area contributed by atoms with Crippen molar-refractivity contribution in [3.8, 4) is 0 Å². The van der Waals surface area contributed by atoms with Crippen molar-refractivity contribution >= 4 is 40.6 Å². The summed E-state index contributed by atoms with van der Waals surface area (Å²) in [5.41, 5.74) is -1.42. The SMILES string of the molecule is Cc1c(C(=O)C(Cl)(Cl)Cl)cccc1C(F)(F)F. The first kappa shape index (κ1) is 14.6. The van der Waals surface area contributed by atoms with Crippen LogP contribution in [0.3, 0.4) is 0 Å². The Balaban J connectivity index is 3.35. The van der Waals surface area contributed by atoms with E-state index < -0.39 is 21.3 Å². The summed E-state index contributed by atoms with van der Waals surface area (Å²) >= 11 is 16.1. The fraction of sp³-hybridized carbons (Fsp3) is 0.300. The Morgan fingerprint density at radius 3 is 2.12 bits per heavy atom. The van der Waals surface area contributed by atoms with E-state index >= 15 is 0 Å². The van der Waals surface area contributed by atoms with Gasteiger partial charge in [-0.2, -0.15) is 13.2 Å². The highest BCUT2D eigenvalue weighted by atomic mass is 35.6. The fourth-order valence-corrected chi connectivity index (χ4v) is 1.65. The molecule has 1 rings (SSSR count). The van der Waals surface area contributed by atoms with Gasteiger partial charge in [0, 0.05) is 5.56 Å². The molecule has 0 aliphatic heterocycles. The molecule has 7 heteroatoms. The molecular weight excluding hydrogens is 299 g/mol. The third-order valence-corrected chi connectivity index (χ3v) is 2.66. The molecule has 1 aromatic rings. The maximum atomic E-state index is 12.6. The lowest BCUT2D eigenvalue weighted by Crippen LogP contribution is -2.21. The smallest absolute Gasteiger partial charge is 0.289 e. The van der Waals surface area contributed by atoms with Crippen LogP contribution in [0.1, 0.15) is 21.5 Å². The first-order valence-corrected chi connectivity index (χ1v) is 5.47. The van der Waals surface area contributed by atoms with Crippen molar-refractivity contribution in [1.29, 1.82) is 0 Å². The number of hydrogen-bond acceptors (Lipinski definition) is 1. The van der Waals surface area contributed by atoms with Gasteiger partial charge >= 0.3 is 6.18 Å². The number of ketones is 1. The van der Waals surface area contributed by atoms with Gasteiger partial charge in [-0.3, -0.25) is 4.79 Å². The molecule has 0 saturated carbocycles. The minimum atomic E-state index is -4.55. The van der Waals surface area contributed by atoms with E-state index in [1.807, 2.05) is 0 Å². The Morgan fingerprint density at radius 1 is 1.18 bits per heavy atom. The molecular formula is C10H6Cl3F3O. The summed E-state index contributed by atoms with van der Waals surface area (Å²) in [6, 6.07) is 3.15. The molecule has 0 atom stereocenters. The van der Waals surface area contributed by atoms with Crippen LogP contribution in [0.2, 0.25) is 0 Å². The van der Waals surface area contributed by atoms with Gasteiger partial charge in [-0.1, -0.05) is 46.9 Å². The summed E-state index contributed by atoms with van der Waals surface area (Å²) in [5, 5.41) is 0. The monoisotopic (exact) mass is 304 g/mol. The van der Waals surface area contributed by atoms with Crippen LogP contribution >= 0.6 is 34.8 Å². The number of carbonyl (C=O) groups excluding carboxylic acids is 1. The lowest BCUT2D eigenvalue weighted by molar-refractivity contribution is -0.138. The minimum Gasteiger partial charge on any atom is -0.289 e. The first-order chi connectivity index (χ1) is 7.55. The first-order valence-electron chi connectivity index (χ1n) is 4.33. The van der Waals surface area contributed by atoms with E-state index in [2.05, 4.69) is 0 Å². The molecule has 17 heavy (non-hydrogen) atoms. The quantitative estimate of drug-likeness (QED) is 0.549. The topological polar surface area (TPSA) is 17.1 Å². The fourth-order valence-electron chi connectivity index (χ4n) is 1.34. The van der Waals surface area contributed by atoms with Crippen LogP contribution in [0.25, 0.3) is 0 Å². The van der Waals surface area contributed by atoms with Crippen LogP contribution in [0.4, 0.5) is 13.2 Å². The largest absolute Gasteiger partial charge is 0.416 e. The zero-order valence-electron chi connectivity index (χ0n) is 8.41. The molecule has 0 fully saturated rings. The van der Waals surface area contributed by atoms with Gasteiger partial charge in [-0.05, 0) is 18.6 Å². The van der Waals surface area contributed by atoms with Crippen molar-refractivity contribution in [2.75, 3.05) is 0 Å². The second-order valence-corrected chi connectivity index (χ2v) is 5.58. The molecule has 0 amide bonds. The molecule has 0 bridgehead atoms. The molecule has 0 spiro atoms. The molecule has 1 aromatic carbocycles. The van der Waals surface area contributed by atoms with Crippen molar-refractivity contribution in [3.05, 3.63) is 34.9 Å². The number of carbonyl (C=O) groups is 1. The average molecular weight is 306 g/mol. The van der Waals surface area contributed by atoms with Crippen LogP contribution in [0.5, 0.6) is 0 Å². The molecule has 1 nitrogen and oxygen atoms in total. The normalized spacial score (nSPS) is 12.6. The second-order valence-electron chi connectivity index (χ2n) is 3.30. The van der Waals surface area contributed by atoms with Crippen molar-refractivity contribution in [2.45, 2.75) is 16.9 Å². The van der Waals surface area contributed by atoms with Gasteiger partial charge in [0.1, 0.15) is 0 Å². The molecule has 0 saturated heterocycles. The van der Waals surface area contributed by atoms with Crippen molar-refractivity contribution in [3.63, 3.8) is 0 Å². The van der Waals surface area contributed by atoms with Crippen molar-refractivity contribution < 1.29 is 18.0 Å². The highest BCUT2D eigenvalue weighted by molar-refractivity contribution is 6.77. The summed E-state index contributed by atoms with van der Waals surface area (Å²) in [5.74, 6) is -0.980. The third kappa shape index (κ3) is 3.27. The van der Waals surface area contributed by atoms with E-state index in [1.165, 1.54) is 6.07 Å². The van der Waals surface area contributed by atoms with Crippen LogP contribution in [0.15, 0.2) is 18.2 Å². The van der Waals surface area contributed by atoms with Gasteiger partial charge in [-0.15, -0.1) is 0 Å². The molecule has 0 aromatic heterocycles. The number of hydrogen-bond donors (Lipinski definition) is 0. The van der Waals surface area contributed by atoms with Gasteiger partial charge in [0.15, 0.2) is 0 Å². The molecule has 0 aliphatic rings. The number of benzene rings is 1. The van der Waals surface area contributed by atoms with Crippen molar-refractivity contribution in [1.82, 2.24) is 0 Å². The second kappa shape index (κ2) is 4.67. The minimum absolute atomic E-state index is 0.250. The Labute approximate surface area is 110 Å². The number of rotatable bonds is 1. The maximum Gasteiger partial charge on any atom is 0.416 e. The highest BCUT2D eigenvalue weighted by Gasteiger charge is 2.37. The van der Waals surface area contributed by atoms with E-state index in [9.17, 15) is 18.0 Å². The van der Waals surface area contributed by atoms with E-state index in [4.69, 9.17) is 34.8 Å². The van der Waals surface area contributed by atoms with Crippen LogP contribution in [-0.2, 0) is 6.18 Å². The van der Waals surface area contributed by atoms with Crippen molar-refractivity contribution in [2.24, 2.45) is 0 Å². The lowest BCUT2D eigenvalue weighted by atomic mass is 9.99. The van der Waals surface area contributed by atoms with Gasteiger partial charge < -0.3 is 0 Å². The van der Waals surface area contributed by atoms with Crippen LogP contribution in [-0.4, -0.2) is 9.58 Å². The van der Waals surface area contributed by atoms with E-state index in [0.717, 1.165) is 19.1 Å².